The van der Waals surface area contributed by atoms with E-state index in [2.05, 4.69) is 47.9 Å². The highest BCUT2D eigenvalue weighted by atomic mass is 32.1. The minimum Gasteiger partial charge on any atom is -0.357 e. The second-order valence-corrected chi connectivity index (χ2v) is 7.28. The molecule has 26 heavy (non-hydrogen) atoms. The molecule has 4 nitrogen and oxygen atoms in total. The largest absolute Gasteiger partial charge is 0.357 e. The summed E-state index contributed by atoms with van der Waals surface area (Å²) in [5.41, 5.74) is 2.36. The maximum Gasteiger partial charge on any atom is 0.246 e. The number of aromatic nitrogens is 2. The van der Waals surface area contributed by atoms with Gasteiger partial charge in [0, 0.05) is 24.9 Å². The summed E-state index contributed by atoms with van der Waals surface area (Å²) in [6, 6.07) is 10.5. The summed E-state index contributed by atoms with van der Waals surface area (Å²) < 4.78 is 0. The van der Waals surface area contributed by atoms with Gasteiger partial charge in [0.15, 0.2) is 0 Å². The summed E-state index contributed by atoms with van der Waals surface area (Å²) in [7, 11) is 0. The van der Waals surface area contributed by atoms with Crippen LogP contribution in [-0.2, 0) is 12.8 Å². The third kappa shape index (κ3) is 3.71. The molecule has 0 bridgehead atoms. The molecule has 0 aliphatic carbocycles. The normalized spacial score (nSPS) is 10.8. The Kier molecular flexibility index (Phi) is 5.85. The molecule has 134 valence electrons. The Morgan fingerprint density at radius 3 is 2.46 bits per heavy atom. The summed E-state index contributed by atoms with van der Waals surface area (Å²) in [4.78, 5) is 16.6. The Morgan fingerprint density at radius 2 is 1.81 bits per heavy atom. The molecule has 0 radical (unpaired) electrons. The average Bonchev–Trinajstić information content (AvgIpc) is 2.99. The van der Waals surface area contributed by atoms with Gasteiger partial charge in [-0.2, -0.15) is 0 Å². The lowest BCUT2D eigenvalue weighted by molar-refractivity contribution is 0.766. The van der Waals surface area contributed by atoms with Gasteiger partial charge >= 0.3 is 0 Å². The zero-order valence-corrected chi connectivity index (χ0v) is 16.4. The van der Waals surface area contributed by atoms with Gasteiger partial charge in [-0.1, -0.05) is 30.3 Å². The van der Waals surface area contributed by atoms with Crippen LogP contribution in [0.2, 0.25) is 0 Å². The topological polar surface area (TPSA) is 33.4 Å². The van der Waals surface area contributed by atoms with E-state index in [0.717, 1.165) is 64.8 Å². The summed E-state index contributed by atoms with van der Waals surface area (Å²) >= 11 is 1.49. The van der Waals surface area contributed by atoms with Crippen LogP contribution in [0.15, 0.2) is 30.3 Å². The molecule has 0 amide bonds. The number of nitrogens with zero attached hydrogens (tertiary/aromatic N) is 4. The monoisotopic (exact) mass is 364 g/mol. The lowest BCUT2D eigenvalue weighted by atomic mass is 10.1. The Labute approximate surface area is 159 Å². The molecule has 0 spiro atoms. The number of hydrogen-bond donors (Lipinski definition) is 0. The van der Waals surface area contributed by atoms with E-state index in [1.165, 1.54) is 16.9 Å². The van der Waals surface area contributed by atoms with Crippen LogP contribution >= 0.6 is 11.3 Å². The van der Waals surface area contributed by atoms with Gasteiger partial charge in [-0.05, 0) is 44.7 Å². The molecule has 0 aliphatic heterocycles. The van der Waals surface area contributed by atoms with E-state index in [0.29, 0.717) is 0 Å². The second-order valence-electron chi connectivity index (χ2n) is 6.30. The Bertz CT molecular complexity index is 921. The van der Waals surface area contributed by atoms with Crippen molar-refractivity contribution in [1.29, 1.82) is 0 Å². The van der Waals surface area contributed by atoms with Gasteiger partial charge in [-0.15, -0.1) is 11.3 Å². The molecular formula is C21H24N4S. The van der Waals surface area contributed by atoms with E-state index in [9.17, 15) is 0 Å². The molecule has 0 saturated heterocycles. The molecule has 0 aliphatic rings. The van der Waals surface area contributed by atoms with Crippen molar-refractivity contribution in [2.75, 3.05) is 18.0 Å². The first-order chi connectivity index (χ1) is 12.7. The lowest BCUT2D eigenvalue weighted by Gasteiger charge is -2.21. The summed E-state index contributed by atoms with van der Waals surface area (Å²) in [5.74, 6) is 1.87. The van der Waals surface area contributed by atoms with Crippen LogP contribution in [0, 0.1) is 13.5 Å². The Balaban J connectivity index is 1.92. The molecule has 0 unspecified atom stereocenters. The van der Waals surface area contributed by atoms with Crippen LogP contribution in [0.3, 0.4) is 0 Å². The Morgan fingerprint density at radius 1 is 1.08 bits per heavy atom. The predicted molar refractivity (Wildman–Crippen MR) is 110 cm³/mol. The molecule has 3 rings (SSSR count). The summed E-state index contributed by atoms with van der Waals surface area (Å²) in [6.45, 7) is 15.5. The first kappa shape index (κ1) is 18.3. The van der Waals surface area contributed by atoms with Gasteiger partial charge in [0.05, 0.1) is 6.57 Å². The molecule has 0 fully saturated rings. The van der Waals surface area contributed by atoms with Gasteiger partial charge in [-0.3, -0.25) is 0 Å². The van der Waals surface area contributed by atoms with Crippen molar-refractivity contribution in [1.82, 2.24) is 9.97 Å². The second kappa shape index (κ2) is 8.29. The van der Waals surface area contributed by atoms with Crippen LogP contribution in [0.25, 0.3) is 15.1 Å². The van der Waals surface area contributed by atoms with Crippen molar-refractivity contribution in [3.05, 3.63) is 58.7 Å². The fraction of sp³-hybridized carbons (Fsp3) is 0.381. The zero-order valence-electron chi connectivity index (χ0n) is 15.6. The fourth-order valence-corrected chi connectivity index (χ4v) is 4.20. The highest BCUT2D eigenvalue weighted by molar-refractivity contribution is 7.22. The van der Waals surface area contributed by atoms with Gasteiger partial charge in [-0.25, -0.2) is 14.8 Å². The molecular weight excluding hydrogens is 340 g/mol. The number of benzene rings is 1. The van der Waals surface area contributed by atoms with Gasteiger partial charge in [0.2, 0.25) is 5.00 Å². The smallest absolute Gasteiger partial charge is 0.246 e. The van der Waals surface area contributed by atoms with E-state index in [-0.39, 0.29) is 0 Å². The average molecular weight is 365 g/mol. The lowest BCUT2D eigenvalue weighted by Crippen LogP contribution is -2.24. The molecule has 0 saturated carbocycles. The van der Waals surface area contributed by atoms with Crippen LogP contribution in [0.4, 0.5) is 10.8 Å². The standard InChI is InChI=1S/C21H24N4S/c1-5-25(6-2)19-18-15(3)20(22-4)26-21(18)24-17(23-19)14-10-13-16-11-8-7-9-12-16/h7-9,11-12H,5-6,10,13-14H2,1-3H3. The first-order valence-electron chi connectivity index (χ1n) is 9.14. The number of thiophene rings is 1. The van der Waals surface area contributed by atoms with Crippen molar-refractivity contribution >= 4 is 32.4 Å². The van der Waals surface area contributed by atoms with Crippen LogP contribution in [0.1, 0.15) is 37.2 Å². The number of aryl methyl sites for hydroxylation is 3. The molecule has 3 aromatic rings. The third-order valence-electron chi connectivity index (χ3n) is 4.67. The Hall–Kier alpha value is -2.45. The van der Waals surface area contributed by atoms with Crippen molar-refractivity contribution in [2.45, 2.75) is 40.0 Å². The molecule has 5 heteroatoms. The van der Waals surface area contributed by atoms with Crippen molar-refractivity contribution in [3.63, 3.8) is 0 Å². The molecule has 0 atom stereocenters. The van der Waals surface area contributed by atoms with Crippen LogP contribution in [-0.4, -0.2) is 23.1 Å². The van der Waals surface area contributed by atoms with Gasteiger partial charge in [0.1, 0.15) is 16.5 Å². The number of fused-ring (bicyclic) bond motifs is 1. The van der Waals surface area contributed by atoms with Crippen LogP contribution < -0.4 is 4.90 Å². The van der Waals surface area contributed by atoms with Gasteiger partial charge < -0.3 is 4.90 Å². The molecule has 2 heterocycles. The fourth-order valence-electron chi connectivity index (χ4n) is 3.21. The minimum atomic E-state index is 0.726. The number of rotatable bonds is 7. The summed E-state index contributed by atoms with van der Waals surface area (Å²) in [5, 5.41) is 1.78. The van der Waals surface area contributed by atoms with Crippen molar-refractivity contribution in [3.8, 4) is 0 Å². The minimum absolute atomic E-state index is 0.726. The van der Waals surface area contributed by atoms with Crippen molar-refractivity contribution < 1.29 is 0 Å². The molecule has 0 N–H and O–H groups in total. The number of hydrogen-bond acceptors (Lipinski definition) is 4. The third-order valence-corrected chi connectivity index (χ3v) is 5.74. The maximum atomic E-state index is 7.42. The maximum absolute atomic E-state index is 7.42. The first-order valence-corrected chi connectivity index (χ1v) is 9.95. The van der Waals surface area contributed by atoms with Gasteiger partial charge in [0.25, 0.3) is 0 Å². The highest BCUT2D eigenvalue weighted by Crippen LogP contribution is 2.40. The molecule has 1 aromatic carbocycles. The highest BCUT2D eigenvalue weighted by Gasteiger charge is 2.19. The quantitative estimate of drug-likeness (QED) is 0.514. The number of anilines is 1. The SMILES string of the molecule is [C-]#[N+]c1sc2nc(CCCc3ccccc3)nc(N(CC)CC)c2c1C. The van der Waals surface area contributed by atoms with E-state index in [1.54, 1.807) is 0 Å². The van der Waals surface area contributed by atoms with E-state index in [4.69, 9.17) is 16.5 Å². The predicted octanol–water partition coefficient (Wildman–Crippen LogP) is 5.57. The van der Waals surface area contributed by atoms with E-state index < -0.39 is 0 Å². The molecule has 2 aromatic heterocycles. The van der Waals surface area contributed by atoms with Crippen LogP contribution in [0.5, 0.6) is 0 Å². The van der Waals surface area contributed by atoms with Crippen molar-refractivity contribution in [2.24, 2.45) is 0 Å². The summed E-state index contributed by atoms with van der Waals surface area (Å²) in [6.07, 6.45) is 2.90. The zero-order chi connectivity index (χ0) is 18.5. The van der Waals surface area contributed by atoms with E-state index >= 15 is 0 Å². The van der Waals surface area contributed by atoms with E-state index in [1.807, 2.05) is 13.0 Å².